The molecule has 1 saturated carbocycles. The van der Waals surface area contributed by atoms with E-state index in [9.17, 15) is 4.79 Å². The molecular formula is C12H24N2O2. The fourth-order valence-electron chi connectivity index (χ4n) is 2.66. The van der Waals surface area contributed by atoms with Crippen LogP contribution in [0.25, 0.3) is 0 Å². The Kier molecular flexibility index (Phi) is 5.77. The van der Waals surface area contributed by atoms with E-state index >= 15 is 0 Å². The smallest absolute Gasteiger partial charge is 0.219 e. The maximum absolute atomic E-state index is 11.5. The highest BCUT2D eigenvalue weighted by molar-refractivity contribution is 5.73. The van der Waals surface area contributed by atoms with Crippen molar-refractivity contribution in [2.24, 2.45) is 0 Å². The molecule has 4 heteroatoms. The summed E-state index contributed by atoms with van der Waals surface area (Å²) in [6, 6.07) is 0.660. The van der Waals surface area contributed by atoms with E-state index < -0.39 is 0 Å². The first-order valence-corrected chi connectivity index (χ1v) is 6.32. The van der Waals surface area contributed by atoms with Gasteiger partial charge >= 0.3 is 0 Å². The third-order valence-corrected chi connectivity index (χ3v) is 3.39. The molecule has 0 saturated heterocycles. The Morgan fingerprint density at radius 2 is 2.12 bits per heavy atom. The van der Waals surface area contributed by atoms with Crippen LogP contribution in [0.15, 0.2) is 0 Å². The number of nitrogens with zero attached hydrogens (tertiary/aromatic N) is 1. The lowest BCUT2D eigenvalue weighted by atomic mass is 9.89. The summed E-state index contributed by atoms with van der Waals surface area (Å²) in [7, 11) is 0. The van der Waals surface area contributed by atoms with Crippen LogP contribution in [-0.4, -0.2) is 47.7 Å². The van der Waals surface area contributed by atoms with Gasteiger partial charge in [0.25, 0.3) is 0 Å². The molecule has 1 aliphatic carbocycles. The van der Waals surface area contributed by atoms with Crippen molar-refractivity contribution in [1.29, 1.82) is 0 Å². The summed E-state index contributed by atoms with van der Waals surface area (Å²) in [6.07, 6.45) is 4.60. The van der Waals surface area contributed by atoms with E-state index in [1.54, 1.807) is 6.92 Å². The molecule has 1 rings (SSSR count). The van der Waals surface area contributed by atoms with Gasteiger partial charge in [-0.2, -0.15) is 0 Å². The zero-order valence-corrected chi connectivity index (χ0v) is 10.4. The quantitative estimate of drug-likeness (QED) is 0.730. The molecule has 94 valence electrons. The molecule has 0 aromatic heterocycles. The summed E-state index contributed by atoms with van der Waals surface area (Å²) in [5.74, 6) is 0.158. The highest BCUT2D eigenvalue weighted by Gasteiger charge is 2.30. The first-order chi connectivity index (χ1) is 7.70. The van der Waals surface area contributed by atoms with Gasteiger partial charge in [0.1, 0.15) is 0 Å². The van der Waals surface area contributed by atoms with Crippen molar-refractivity contribution in [3.63, 3.8) is 0 Å². The van der Waals surface area contributed by atoms with Crippen LogP contribution in [0.1, 0.15) is 39.5 Å². The van der Waals surface area contributed by atoms with Gasteiger partial charge in [-0.15, -0.1) is 0 Å². The molecular weight excluding hydrogens is 204 g/mol. The monoisotopic (exact) mass is 228 g/mol. The minimum Gasteiger partial charge on any atom is -0.395 e. The molecule has 0 aliphatic heterocycles. The SMILES string of the molecule is CCN(C(C)=O)[C@H]1CCCC[C@H]1NCCO. The van der Waals surface area contributed by atoms with Crippen LogP contribution in [0, 0.1) is 0 Å². The maximum Gasteiger partial charge on any atom is 0.219 e. The summed E-state index contributed by atoms with van der Waals surface area (Å²) in [5, 5.41) is 12.2. The van der Waals surface area contributed by atoms with Gasteiger partial charge in [-0.1, -0.05) is 12.8 Å². The molecule has 1 fully saturated rings. The number of aliphatic hydroxyl groups excluding tert-OH is 1. The summed E-state index contributed by atoms with van der Waals surface area (Å²) < 4.78 is 0. The average Bonchev–Trinajstić information content (AvgIpc) is 2.28. The Morgan fingerprint density at radius 3 is 2.69 bits per heavy atom. The standard InChI is InChI=1S/C12H24N2O2/c1-3-14(10(2)16)12-7-5-4-6-11(12)13-8-9-15/h11-13,15H,3-9H2,1-2H3/t11-,12+/m1/s1. The van der Waals surface area contributed by atoms with Crippen molar-refractivity contribution in [3.8, 4) is 0 Å². The number of carbonyl (C=O) groups excluding carboxylic acids is 1. The molecule has 0 aromatic carbocycles. The molecule has 1 amide bonds. The second-order valence-corrected chi connectivity index (χ2v) is 4.44. The van der Waals surface area contributed by atoms with Crippen LogP contribution in [0.5, 0.6) is 0 Å². The van der Waals surface area contributed by atoms with Crippen LogP contribution in [-0.2, 0) is 4.79 Å². The Balaban J connectivity index is 2.60. The highest BCUT2D eigenvalue weighted by atomic mass is 16.3. The maximum atomic E-state index is 11.5. The van der Waals surface area contributed by atoms with Gasteiger partial charge in [-0.05, 0) is 19.8 Å². The van der Waals surface area contributed by atoms with Crippen molar-refractivity contribution < 1.29 is 9.90 Å². The van der Waals surface area contributed by atoms with Gasteiger partial charge in [0.05, 0.1) is 6.61 Å². The van der Waals surface area contributed by atoms with Gasteiger partial charge < -0.3 is 15.3 Å². The van der Waals surface area contributed by atoms with Crippen LogP contribution < -0.4 is 5.32 Å². The lowest BCUT2D eigenvalue weighted by Gasteiger charge is -2.39. The van der Waals surface area contributed by atoms with E-state index in [1.807, 2.05) is 11.8 Å². The van der Waals surface area contributed by atoms with Crippen molar-refractivity contribution in [1.82, 2.24) is 10.2 Å². The van der Waals surface area contributed by atoms with Gasteiger partial charge in [-0.3, -0.25) is 4.79 Å². The van der Waals surface area contributed by atoms with E-state index in [-0.39, 0.29) is 12.5 Å². The number of aliphatic hydroxyl groups is 1. The average molecular weight is 228 g/mol. The van der Waals surface area contributed by atoms with Crippen molar-refractivity contribution >= 4 is 5.91 Å². The second-order valence-electron chi connectivity index (χ2n) is 4.44. The fraction of sp³-hybridized carbons (Fsp3) is 0.917. The van der Waals surface area contributed by atoms with Gasteiger partial charge in [0.15, 0.2) is 0 Å². The molecule has 0 heterocycles. The first-order valence-electron chi connectivity index (χ1n) is 6.32. The zero-order chi connectivity index (χ0) is 12.0. The highest BCUT2D eigenvalue weighted by Crippen LogP contribution is 2.23. The molecule has 2 atom stereocenters. The zero-order valence-electron chi connectivity index (χ0n) is 10.4. The minimum absolute atomic E-state index is 0.158. The molecule has 1 aliphatic rings. The first kappa shape index (κ1) is 13.5. The third kappa shape index (κ3) is 3.46. The molecule has 16 heavy (non-hydrogen) atoms. The van der Waals surface area contributed by atoms with E-state index in [4.69, 9.17) is 5.11 Å². The molecule has 0 radical (unpaired) electrons. The normalized spacial score (nSPS) is 25.4. The van der Waals surface area contributed by atoms with Crippen LogP contribution in [0.2, 0.25) is 0 Å². The third-order valence-electron chi connectivity index (χ3n) is 3.39. The summed E-state index contributed by atoms with van der Waals surface area (Å²) in [5.41, 5.74) is 0. The largest absolute Gasteiger partial charge is 0.395 e. The topological polar surface area (TPSA) is 52.6 Å². The van der Waals surface area contributed by atoms with Crippen LogP contribution in [0.3, 0.4) is 0 Å². The van der Waals surface area contributed by atoms with E-state index in [1.165, 1.54) is 12.8 Å². The number of hydrogen-bond donors (Lipinski definition) is 2. The summed E-state index contributed by atoms with van der Waals surface area (Å²) >= 11 is 0. The molecule has 0 unspecified atom stereocenters. The molecule has 4 nitrogen and oxygen atoms in total. The summed E-state index contributed by atoms with van der Waals surface area (Å²) in [6.45, 7) is 5.23. The van der Waals surface area contributed by atoms with Crippen molar-refractivity contribution in [2.75, 3.05) is 19.7 Å². The fourth-order valence-corrected chi connectivity index (χ4v) is 2.66. The van der Waals surface area contributed by atoms with Gasteiger partial charge in [0, 0.05) is 32.1 Å². The Labute approximate surface area is 98.0 Å². The molecule has 2 N–H and O–H groups in total. The van der Waals surface area contributed by atoms with Crippen molar-refractivity contribution in [2.45, 2.75) is 51.6 Å². The van der Waals surface area contributed by atoms with Crippen molar-refractivity contribution in [3.05, 3.63) is 0 Å². The van der Waals surface area contributed by atoms with E-state index in [0.29, 0.717) is 18.6 Å². The number of amides is 1. The lowest BCUT2D eigenvalue weighted by Crippen LogP contribution is -2.53. The Morgan fingerprint density at radius 1 is 1.44 bits per heavy atom. The Bertz CT molecular complexity index is 221. The summed E-state index contributed by atoms with van der Waals surface area (Å²) in [4.78, 5) is 13.5. The molecule has 0 bridgehead atoms. The lowest BCUT2D eigenvalue weighted by molar-refractivity contribution is -0.132. The number of rotatable bonds is 5. The van der Waals surface area contributed by atoms with Crippen LogP contribution in [0.4, 0.5) is 0 Å². The van der Waals surface area contributed by atoms with Gasteiger partial charge in [-0.25, -0.2) is 0 Å². The van der Waals surface area contributed by atoms with E-state index in [2.05, 4.69) is 5.32 Å². The van der Waals surface area contributed by atoms with Gasteiger partial charge in [0.2, 0.25) is 5.91 Å². The minimum atomic E-state index is 0.158. The Hall–Kier alpha value is -0.610. The number of nitrogens with one attached hydrogen (secondary N) is 1. The number of hydrogen-bond acceptors (Lipinski definition) is 3. The second kappa shape index (κ2) is 6.86. The predicted molar refractivity (Wildman–Crippen MR) is 64.2 cm³/mol. The molecule has 0 spiro atoms. The number of likely N-dealkylation sites (N-methyl/N-ethyl adjacent to an activating group) is 1. The van der Waals surface area contributed by atoms with E-state index in [0.717, 1.165) is 19.4 Å². The molecule has 0 aromatic rings. The number of carbonyl (C=O) groups is 1. The van der Waals surface area contributed by atoms with Crippen LogP contribution >= 0.6 is 0 Å². The predicted octanol–water partition coefficient (Wildman–Crippen LogP) is 0.748.